The molecule has 0 N–H and O–H groups in total. The number of para-hydroxylation sites is 1. The molecular weight excluding hydrogens is 338 g/mol. The maximum Gasteiger partial charge on any atom is 0.257 e. The Bertz CT molecular complexity index is 874. The van der Waals surface area contributed by atoms with Crippen molar-refractivity contribution in [1.82, 2.24) is 24.6 Å². The molecule has 0 aliphatic carbocycles. The van der Waals surface area contributed by atoms with Crippen molar-refractivity contribution in [2.24, 2.45) is 0 Å². The normalized spacial score (nSPS) is 11.0. The maximum atomic E-state index is 13.3. The number of hydrogen-bond acceptors (Lipinski definition) is 4. The highest BCUT2D eigenvalue weighted by atomic mass is 16.2. The Morgan fingerprint density at radius 2 is 1.81 bits per heavy atom. The molecule has 0 saturated carbocycles. The summed E-state index contributed by atoms with van der Waals surface area (Å²) in [5, 5.41) is 4.44. The van der Waals surface area contributed by atoms with Crippen LogP contribution < -0.4 is 0 Å². The quantitative estimate of drug-likeness (QED) is 0.648. The van der Waals surface area contributed by atoms with Gasteiger partial charge in [0, 0.05) is 32.0 Å². The van der Waals surface area contributed by atoms with E-state index in [0.717, 1.165) is 23.5 Å². The fourth-order valence-electron chi connectivity index (χ4n) is 2.90. The number of carbonyl (C=O) groups is 1. The van der Waals surface area contributed by atoms with Gasteiger partial charge >= 0.3 is 0 Å². The van der Waals surface area contributed by atoms with Gasteiger partial charge in [0.1, 0.15) is 0 Å². The van der Waals surface area contributed by atoms with Crippen molar-refractivity contribution in [3.05, 3.63) is 77.9 Å². The molecule has 2 heterocycles. The number of pyridine rings is 1. The van der Waals surface area contributed by atoms with Crippen molar-refractivity contribution in [3.8, 4) is 5.69 Å². The highest BCUT2D eigenvalue weighted by Gasteiger charge is 2.21. The van der Waals surface area contributed by atoms with Crippen molar-refractivity contribution in [2.75, 3.05) is 27.2 Å². The van der Waals surface area contributed by atoms with Crippen LogP contribution in [0.5, 0.6) is 0 Å². The Morgan fingerprint density at radius 3 is 2.48 bits per heavy atom. The van der Waals surface area contributed by atoms with E-state index in [4.69, 9.17) is 0 Å². The van der Waals surface area contributed by atoms with E-state index in [2.05, 4.69) is 15.0 Å². The fourth-order valence-corrected chi connectivity index (χ4v) is 2.90. The van der Waals surface area contributed by atoms with Gasteiger partial charge in [0.05, 0.1) is 23.1 Å². The number of rotatable bonds is 7. The largest absolute Gasteiger partial charge is 0.333 e. The van der Waals surface area contributed by atoms with Crippen molar-refractivity contribution >= 4 is 5.91 Å². The van der Waals surface area contributed by atoms with Gasteiger partial charge in [0.2, 0.25) is 0 Å². The highest BCUT2D eigenvalue weighted by Crippen LogP contribution is 2.17. The Hall–Kier alpha value is -2.99. The summed E-state index contributed by atoms with van der Waals surface area (Å²) >= 11 is 0. The highest BCUT2D eigenvalue weighted by molar-refractivity contribution is 5.95. The second-order valence-corrected chi connectivity index (χ2v) is 6.78. The Morgan fingerprint density at radius 1 is 1.04 bits per heavy atom. The van der Waals surface area contributed by atoms with Crippen molar-refractivity contribution < 1.29 is 4.79 Å². The topological polar surface area (TPSA) is 54.3 Å². The molecule has 1 aromatic carbocycles. The SMILES string of the molecule is Cc1c(C(=O)N(CCN(C)C)Cc2cccnc2)cnn1-c1ccccc1. The van der Waals surface area contributed by atoms with Gasteiger partial charge in [-0.05, 0) is 44.8 Å². The zero-order chi connectivity index (χ0) is 19.2. The molecule has 0 aliphatic rings. The lowest BCUT2D eigenvalue weighted by molar-refractivity contribution is 0.0731. The predicted octanol–water partition coefficient (Wildman–Crippen LogP) is 2.78. The second kappa shape index (κ2) is 8.60. The van der Waals surface area contributed by atoms with Crippen molar-refractivity contribution in [3.63, 3.8) is 0 Å². The van der Waals surface area contributed by atoms with Gasteiger partial charge in [-0.3, -0.25) is 9.78 Å². The van der Waals surface area contributed by atoms with Gasteiger partial charge < -0.3 is 9.80 Å². The smallest absolute Gasteiger partial charge is 0.257 e. The summed E-state index contributed by atoms with van der Waals surface area (Å²) in [6.07, 6.45) is 5.20. The van der Waals surface area contributed by atoms with Crippen LogP contribution in [0.25, 0.3) is 5.69 Å². The molecule has 6 heteroatoms. The number of amides is 1. The number of nitrogens with zero attached hydrogens (tertiary/aromatic N) is 5. The van der Waals surface area contributed by atoms with E-state index in [1.54, 1.807) is 23.3 Å². The lowest BCUT2D eigenvalue weighted by Crippen LogP contribution is -2.36. The van der Waals surface area contributed by atoms with Gasteiger partial charge in [0.15, 0.2) is 0 Å². The summed E-state index contributed by atoms with van der Waals surface area (Å²) in [7, 11) is 4.01. The van der Waals surface area contributed by atoms with Crippen LogP contribution in [0.1, 0.15) is 21.6 Å². The standard InChI is InChI=1S/C21H25N5O/c1-17-20(15-23-26(17)19-9-5-4-6-10-19)21(27)25(13-12-24(2)3)16-18-8-7-11-22-14-18/h4-11,14-15H,12-13,16H2,1-3H3. The zero-order valence-corrected chi connectivity index (χ0v) is 16.0. The lowest BCUT2D eigenvalue weighted by atomic mass is 10.2. The van der Waals surface area contributed by atoms with Crippen LogP contribution in [0.4, 0.5) is 0 Å². The molecule has 3 aromatic rings. The summed E-state index contributed by atoms with van der Waals surface area (Å²) in [6, 6.07) is 13.7. The Labute approximate surface area is 160 Å². The van der Waals surface area contributed by atoms with Crippen LogP contribution in [-0.4, -0.2) is 57.7 Å². The summed E-state index contributed by atoms with van der Waals surface area (Å²) < 4.78 is 1.81. The number of likely N-dealkylation sites (N-methyl/N-ethyl adjacent to an activating group) is 1. The third-order valence-electron chi connectivity index (χ3n) is 4.44. The molecule has 0 bridgehead atoms. The third kappa shape index (κ3) is 4.60. The van der Waals surface area contributed by atoms with Crippen LogP contribution in [0.3, 0.4) is 0 Å². The molecule has 0 saturated heterocycles. The minimum absolute atomic E-state index is 0.0135. The molecule has 1 amide bonds. The monoisotopic (exact) mass is 363 g/mol. The van der Waals surface area contributed by atoms with Gasteiger partial charge in [-0.25, -0.2) is 4.68 Å². The molecule has 3 rings (SSSR count). The minimum atomic E-state index is -0.0135. The van der Waals surface area contributed by atoms with Crippen LogP contribution >= 0.6 is 0 Å². The van der Waals surface area contributed by atoms with Crippen molar-refractivity contribution in [2.45, 2.75) is 13.5 Å². The minimum Gasteiger partial charge on any atom is -0.333 e. The van der Waals surface area contributed by atoms with Gasteiger partial charge in [0.25, 0.3) is 5.91 Å². The first-order valence-corrected chi connectivity index (χ1v) is 8.99. The van der Waals surface area contributed by atoms with E-state index < -0.39 is 0 Å². The van der Waals surface area contributed by atoms with Crippen LogP contribution in [0, 0.1) is 6.92 Å². The molecule has 0 aliphatic heterocycles. The predicted molar refractivity (Wildman–Crippen MR) is 106 cm³/mol. The fraction of sp³-hybridized carbons (Fsp3) is 0.286. The summed E-state index contributed by atoms with van der Waals surface area (Å²) in [4.78, 5) is 21.4. The van der Waals surface area contributed by atoms with E-state index in [1.807, 2.05) is 68.4 Å². The van der Waals surface area contributed by atoms with Gasteiger partial charge in [-0.1, -0.05) is 24.3 Å². The number of carbonyl (C=O) groups excluding carboxylic acids is 1. The molecule has 140 valence electrons. The van der Waals surface area contributed by atoms with Crippen LogP contribution in [0.15, 0.2) is 61.1 Å². The van der Waals surface area contributed by atoms with Gasteiger partial charge in [-0.15, -0.1) is 0 Å². The number of aromatic nitrogens is 3. The first kappa shape index (κ1) is 18.8. The summed E-state index contributed by atoms with van der Waals surface area (Å²) in [5.41, 5.74) is 3.42. The average Bonchev–Trinajstić information content (AvgIpc) is 3.07. The third-order valence-corrected chi connectivity index (χ3v) is 4.44. The lowest BCUT2D eigenvalue weighted by Gasteiger charge is -2.24. The van der Waals surface area contributed by atoms with Gasteiger partial charge in [-0.2, -0.15) is 5.10 Å². The molecule has 0 unspecified atom stereocenters. The molecule has 0 fully saturated rings. The maximum absolute atomic E-state index is 13.3. The Balaban J connectivity index is 1.86. The molecule has 6 nitrogen and oxygen atoms in total. The van der Waals surface area contributed by atoms with E-state index in [9.17, 15) is 4.79 Å². The summed E-state index contributed by atoms with van der Waals surface area (Å²) in [5.74, 6) is -0.0135. The van der Waals surface area contributed by atoms with E-state index >= 15 is 0 Å². The number of benzene rings is 1. The van der Waals surface area contributed by atoms with Crippen LogP contribution in [0.2, 0.25) is 0 Å². The zero-order valence-electron chi connectivity index (χ0n) is 16.0. The number of hydrogen-bond donors (Lipinski definition) is 0. The first-order chi connectivity index (χ1) is 13.1. The first-order valence-electron chi connectivity index (χ1n) is 8.99. The van der Waals surface area contributed by atoms with Crippen LogP contribution in [-0.2, 0) is 6.54 Å². The Kier molecular flexibility index (Phi) is 5.98. The molecule has 27 heavy (non-hydrogen) atoms. The van der Waals surface area contributed by atoms with E-state index in [-0.39, 0.29) is 5.91 Å². The molecule has 0 radical (unpaired) electrons. The van der Waals surface area contributed by atoms with E-state index in [1.165, 1.54) is 0 Å². The molecular formula is C21H25N5O. The second-order valence-electron chi connectivity index (χ2n) is 6.78. The van der Waals surface area contributed by atoms with Crippen molar-refractivity contribution in [1.29, 1.82) is 0 Å². The summed E-state index contributed by atoms with van der Waals surface area (Å²) in [6.45, 7) is 3.88. The molecule has 0 spiro atoms. The molecule has 2 aromatic heterocycles. The average molecular weight is 363 g/mol. The molecule has 0 atom stereocenters. The van der Waals surface area contributed by atoms with E-state index in [0.29, 0.717) is 18.7 Å².